The molecule has 0 saturated carbocycles. The van der Waals surface area contributed by atoms with E-state index in [0.29, 0.717) is 17.8 Å². The lowest BCUT2D eigenvalue weighted by Crippen LogP contribution is -2.29. The molecule has 1 fully saturated rings. The minimum Gasteiger partial charge on any atom is -0.352 e. The summed E-state index contributed by atoms with van der Waals surface area (Å²) in [5.41, 5.74) is 1.44. The predicted octanol–water partition coefficient (Wildman–Crippen LogP) is 1.63. The summed E-state index contributed by atoms with van der Waals surface area (Å²) in [6.07, 6.45) is 3.64. The van der Waals surface area contributed by atoms with E-state index < -0.39 is 0 Å². The number of carbonyl (C=O) groups excluding carboxylic acids is 2. The lowest BCUT2D eigenvalue weighted by Gasteiger charge is -2.22. The van der Waals surface area contributed by atoms with Gasteiger partial charge < -0.3 is 16.0 Å². The molecule has 2 amide bonds. The van der Waals surface area contributed by atoms with Crippen LogP contribution in [0.25, 0.3) is 0 Å². The van der Waals surface area contributed by atoms with Crippen LogP contribution in [0, 0.1) is 0 Å². The Labute approximate surface area is 158 Å². The summed E-state index contributed by atoms with van der Waals surface area (Å²) in [4.78, 5) is 24.0. The van der Waals surface area contributed by atoms with E-state index in [1.807, 2.05) is 6.92 Å². The molecule has 0 bridgehead atoms. The highest BCUT2D eigenvalue weighted by molar-refractivity contribution is 6.03. The lowest BCUT2D eigenvalue weighted by molar-refractivity contribution is 0.0955. The first kappa shape index (κ1) is 19.9. The Kier molecular flexibility index (Phi) is 7.11. The van der Waals surface area contributed by atoms with Crippen LogP contribution in [0.4, 0.5) is 5.69 Å². The number of nitrogens with zero attached hydrogens (tertiary/aromatic N) is 3. The zero-order chi connectivity index (χ0) is 17.6. The molecule has 26 heavy (non-hydrogen) atoms. The average molecular weight is 379 g/mol. The second-order valence-electron chi connectivity index (χ2n) is 5.96. The minimum atomic E-state index is -0.314. The monoisotopic (exact) mass is 378 g/mol. The highest BCUT2D eigenvalue weighted by Crippen LogP contribution is 2.17. The summed E-state index contributed by atoms with van der Waals surface area (Å²) in [5, 5.41) is 16.9. The topological polar surface area (TPSA) is 101 Å². The van der Waals surface area contributed by atoms with Crippen molar-refractivity contribution in [3.8, 4) is 0 Å². The van der Waals surface area contributed by atoms with Gasteiger partial charge in [0, 0.05) is 17.8 Å². The normalized spacial score (nSPS) is 14.3. The van der Waals surface area contributed by atoms with Crippen LogP contribution in [0.15, 0.2) is 30.5 Å². The maximum Gasteiger partial charge on any atom is 0.277 e. The molecule has 1 aromatic heterocycles. The van der Waals surface area contributed by atoms with Crippen molar-refractivity contribution in [2.24, 2.45) is 0 Å². The molecule has 1 aromatic carbocycles. The van der Waals surface area contributed by atoms with E-state index in [0.717, 1.165) is 25.9 Å². The van der Waals surface area contributed by atoms with Crippen LogP contribution >= 0.6 is 12.4 Å². The van der Waals surface area contributed by atoms with Crippen LogP contribution in [0.5, 0.6) is 0 Å². The summed E-state index contributed by atoms with van der Waals surface area (Å²) in [6.45, 7) is 4.33. The van der Waals surface area contributed by atoms with E-state index >= 15 is 0 Å². The number of rotatable bonds is 5. The molecule has 0 unspecified atom stereocenters. The molecule has 2 aromatic rings. The third kappa shape index (κ3) is 4.80. The number of hydrogen-bond donors (Lipinski definition) is 3. The van der Waals surface area contributed by atoms with Crippen LogP contribution in [-0.4, -0.2) is 46.4 Å². The molecule has 0 atom stereocenters. The molecule has 1 aliphatic rings. The van der Waals surface area contributed by atoms with Crippen molar-refractivity contribution in [1.82, 2.24) is 25.6 Å². The summed E-state index contributed by atoms with van der Waals surface area (Å²) >= 11 is 0. The molecule has 9 heteroatoms. The third-order valence-electron chi connectivity index (χ3n) is 4.17. The van der Waals surface area contributed by atoms with Gasteiger partial charge in [-0.3, -0.25) is 9.59 Å². The van der Waals surface area contributed by atoms with E-state index in [2.05, 4.69) is 26.3 Å². The number of benzene rings is 1. The fourth-order valence-electron chi connectivity index (χ4n) is 2.79. The van der Waals surface area contributed by atoms with Crippen molar-refractivity contribution in [3.63, 3.8) is 0 Å². The van der Waals surface area contributed by atoms with Crippen LogP contribution < -0.4 is 16.0 Å². The van der Waals surface area contributed by atoms with Crippen molar-refractivity contribution in [3.05, 3.63) is 41.7 Å². The molecule has 140 valence electrons. The van der Waals surface area contributed by atoms with Crippen LogP contribution in [0.1, 0.15) is 46.7 Å². The molecule has 0 spiro atoms. The van der Waals surface area contributed by atoms with Crippen LogP contribution in [0.3, 0.4) is 0 Å². The van der Waals surface area contributed by atoms with Crippen LogP contribution in [0.2, 0.25) is 0 Å². The van der Waals surface area contributed by atoms with E-state index in [-0.39, 0.29) is 36.0 Å². The summed E-state index contributed by atoms with van der Waals surface area (Å²) in [7, 11) is 0. The molecule has 2 heterocycles. The van der Waals surface area contributed by atoms with Gasteiger partial charge in [-0.15, -0.1) is 17.5 Å². The Morgan fingerprint density at radius 2 is 1.88 bits per heavy atom. The van der Waals surface area contributed by atoms with Crippen molar-refractivity contribution in [2.75, 3.05) is 25.0 Å². The highest BCUT2D eigenvalue weighted by Gasteiger charge is 2.18. The molecule has 1 saturated heterocycles. The SMILES string of the molecule is CCNC(=O)c1ccc(NC(=O)c2cn(C3CCNCC3)nn2)cc1.Cl. The van der Waals surface area contributed by atoms with Gasteiger partial charge in [-0.2, -0.15) is 0 Å². The van der Waals surface area contributed by atoms with Gasteiger partial charge in [-0.05, 0) is 57.1 Å². The predicted molar refractivity (Wildman–Crippen MR) is 101 cm³/mol. The number of piperidine rings is 1. The molecule has 1 aliphatic heterocycles. The number of nitrogens with one attached hydrogen (secondary N) is 3. The summed E-state index contributed by atoms with van der Waals surface area (Å²) < 4.78 is 1.77. The third-order valence-corrected chi connectivity index (χ3v) is 4.17. The van der Waals surface area contributed by atoms with Gasteiger partial charge in [0.2, 0.25) is 0 Å². The highest BCUT2D eigenvalue weighted by atomic mass is 35.5. The number of amides is 2. The molecule has 8 nitrogen and oxygen atoms in total. The largest absolute Gasteiger partial charge is 0.352 e. The fraction of sp³-hybridized carbons (Fsp3) is 0.412. The van der Waals surface area contributed by atoms with Gasteiger partial charge in [-0.1, -0.05) is 5.21 Å². The number of carbonyl (C=O) groups is 2. The number of aromatic nitrogens is 3. The average Bonchev–Trinajstić information content (AvgIpc) is 3.13. The zero-order valence-corrected chi connectivity index (χ0v) is 15.4. The maximum atomic E-state index is 12.3. The minimum absolute atomic E-state index is 0. The molecular weight excluding hydrogens is 356 g/mol. The Bertz CT molecular complexity index is 740. The second-order valence-corrected chi connectivity index (χ2v) is 5.96. The van der Waals surface area contributed by atoms with Gasteiger partial charge >= 0.3 is 0 Å². The molecule has 0 radical (unpaired) electrons. The van der Waals surface area contributed by atoms with Gasteiger partial charge in [0.25, 0.3) is 11.8 Å². The standard InChI is InChI=1S/C17H22N6O2.ClH/c1-2-19-16(24)12-3-5-13(6-4-12)20-17(25)15-11-23(22-21-15)14-7-9-18-10-8-14;/h3-6,11,14,18H,2,7-10H2,1H3,(H,19,24)(H,20,25);1H. The maximum absolute atomic E-state index is 12.3. The molecule has 3 N–H and O–H groups in total. The van der Waals surface area contributed by atoms with E-state index in [9.17, 15) is 9.59 Å². The summed E-state index contributed by atoms with van der Waals surface area (Å²) in [6, 6.07) is 7.02. The molecule has 3 rings (SSSR count). The van der Waals surface area contributed by atoms with E-state index in [4.69, 9.17) is 0 Å². The smallest absolute Gasteiger partial charge is 0.277 e. The zero-order valence-electron chi connectivity index (χ0n) is 14.6. The number of hydrogen-bond acceptors (Lipinski definition) is 5. The Hall–Kier alpha value is -2.45. The molecule has 0 aliphatic carbocycles. The fourth-order valence-corrected chi connectivity index (χ4v) is 2.79. The first-order valence-corrected chi connectivity index (χ1v) is 8.49. The van der Waals surface area contributed by atoms with E-state index in [1.165, 1.54) is 0 Å². The second kappa shape index (κ2) is 9.30. The van der Waals surface area contributed by atoms with E-state index in [1.54, 1.807) is 35.1 Å². The van der Waals surface area contributed by atoms with Gasteiger partial charge in [0.1, 0.15) is 0 Å². The molecular formula is C17H23ClN6O2. The van der Waals surface area contributed by atoms with Crippen LogP contribution in [-0.2, 0) is 0 Å². The van der Waals surface area contributed by atoms with Gasteiger partial charge in [0.05, 0.1) is 12.2 Å². The Morgan fingerprint density at radius 3 is 2.54 bits per heavy atom. The Morgan fingerprint density at radius 1 is 1.19 bits per heavy atom. The number of halogens is 1. The van der Waals surface area contributed by atoms with Gasteiger partial charge in [0.15, 0.2) is 5.69 Å². The number of anilines is 1. The van der Waals surface area contributed by atoms with Gasteiger partial charge in [-0.25, -0.2) is 4.68 Å². The quantitative estimate of drug-likeness (QED) is 0.734. The first-order valence-electron chi connectivity index (χ1n) is 8.49. The summed E-state index contributed by atoms with van der Waals surface area (Å²) in [5.74, 6) is -0.448. The first-order chi connectivity index (χ1) is 12.2. The Balaban J connectivity index is 0.00000243. The van der Waals surface area contributed by atoms with Crippen molar-refractivity contribution in [2.45, 2.75) is 25.8 Å². The van der Waals surface area contributed by atoms with Crippen molar-refractivity contribution < 1.29 is 9.59 Å². The van der Waals surface area contributed by atoms with Crippen molar-refractivity contribution >= 4 is 29.9 Å². The lowest BCUT2D eigenvalue weighted by atomic mass is 10.1. The van der Waals surface area contributed by atoms with Crippen molar-refractivity contribution in [1.29, 1.82) is 0 Å².